The lowest BCUT2D eigenvalue weighted by molar-refractivity contribution is 0.0741. The van der Waals surface area contributed by atoms with Crippen molar-refractivity contribution in [3.05, 3.63) is 47.8 Å². The molecule has 0 saturated carbocycles. The van der Waals surface area contributed by atoms with E-state index in [0.717, 1.165) is 17.1 Å². The Hall–Kier alpha value is -2.63. The van der Waals surface area contributed by atoms with Crippen molar-refractivity contribution in [2.45, 2.75) is 13.0 Å². The molecule has 1 amide bonds. The van der Waals surface area contributed by atoms with Crippen LogP contribution >= 0.6 is 0 Å². The van der Waals surface area contributed by atoms with Crippen LogP contribution < -0.4 is 9.47 Å². The fraction of sp³-hybridized carbons (Fsp3) is 0.312. The van der Waals surface area contributed by atoms with Gasteiger partial charge in [-0.2, -0.15) is 10.2 Å². The number of ether oxygens (including phenoxy) is 2. The van der Waals surface area contributed by atoms with Crippen LogP contribution in [0.3, 0.4) is 0 Å². The zero-order chi connectivity index (χ0) is 15.5. The number of aromatic nitrogens is 2. The van der Waals surface area contributed by atoms with E-state index in [1.807, 2.05) is 25.1 Å². The van der Waals surface area contributed by atoms with Crippen molar-refractivity contribution >= 4 is 5.91 Å². The third kappa shape index (κ3) is 2.72. The molecule has 0 unspecified atom stereocenters. The smallest absolute Gasteiger partial charge is 0.255 e. The minimum absolute atomic E-state index is 0.0997. The van der Waals surface area contributed by atoms with E-state index in [9.17, 15) is 4.79 Å². The minimum atomic E-state index is -0.100. The number of hydrogen-bond acceptors (Lipinski definition) is 5. The van der Waals surface area contributed by atoms with Gasteiger partial charge in [0.25, 0.3) is 5.91 Å². The number of nitrogens with zero attached hydrogens (tertiary/aromatic N) is 3. The van der Waals surface area contributed by atoms with E-state index in [1.165, 1.54) is 12.4 Å². The van der Waals surface area contributed by atoms with E-state index < -0.39 is 0 Å². The van der Waals surface area contributed by atoms with Gasteiger partial charge in [0.1, 0.15) is 13.2 Å². The molecule has 2 aromatic rings. The Morgan fingerprint density at radius 3 is 2.68 bits per heavy atom. The minimum Gasteiger partial charge on any atom is -0.486 e. The molecule has 1 aromatic carbocycles. The van der Waals surface area contributed by atoms with Crippen LogP contribution in [-0.2, 0) is 0 Å². The van der Waals surface area contributed by atoms with Gasteiger partial charge in [0.05, 0.1) is 24.0 Å². The Kier molecular flexibility index (Phi) is 3.91. The van der Waals surface area contributed by atoms with Crippen LogP contribution in [-0.4, -0.2) is 41.3 Å². The molecule has 3 rings (SSSR count). The summed E-state index contributed by atoms with van der Waals surface area (Å²) >= 11 is 0. The Bertz CT molecular complexity index is 676. The van der Waals surface area contributed by atoms with Gasteiger partial charge in [-0.05, 0) is 30.7 Å². The predicted octanol–water partition coefficient (Wildman–Crippen LogP) is 2.08. The summed E-state index contributed by atoms with van der Waals surface area (Å²) < 4.78 is 11.1. The number of hydrogen-bond donors (Lipinski definition) is 0. The Labute approximate surface area is 128 Å². The van der Waals surface area contributed by atoms with E-state index >= 15 is 0 Å². The molecule has 22 heavy (non-hydrogen) atoms. The first-order chi connectivity index (χ1) is 10.7. The van der Waals surface area contributed by atoms with E-state index in [2.05, 4.69) is 10.2 Å². The number of rotatable bonds is 3. The van der Waals surface area contributed by atoms with Crippen LogP contribution in [0.25, 0.3) is 0 Å². The summed E-state index contributed by atoms with van der Waals surface area (Å²) in [7, 11) is 1.77. The highest BCUT2D eigenvalue weighted by Gasteiger charge is 2.21. The molecule has 1 atom stereocenters. The molecule has 1 aliphatic heterocycles. The first kappa shape index (κ1) is 14.3. The summed E-state index contributed by atoms with van der Waals surface area (Å²) in [6.07, 6.45) is 2.98. The van der Waals surface area contributed by atoms with Gasteiger partial charge in [-0.15, -0.1) is 0 Å². The van der Waals surface area contributed by atoms with Gasteiger partial charge in [-0.25, -0.2) is 0 Å². The predicted molar refractivity (Wildman–Crippen MR) is 80.0 cm³/mol. The average Bonchev–Trinajstić information content (AvgIpc) is 2.60. The zero-order valence-electron chi connectivity index (χ0n) is 12.5. The van der Waals surface area contributed by atoms with Crippen LogP contribution in [0.5, 0.6) is 11.5 Å². The maximum Gasteiger partial charge on any atom is 0.255 e. The molecule has 0 spiro atoms. The van der Waals surface area contributed by atoms with Crippen LogP contribution in [0, 0.1) is 0 Å². The number of fused-ring (bicyclic) bond motifs is 1. The fourth-order valence-electron chi connectivity index (χ4n) is 2.34. The average molecular weight is 299 g/mol. The van der Waals surface area contributed by atoms with E-state index in [4.69, 9.17) is 9.47 Å². The van der Waals surface area contributed by atoms with Gasteiger partial charge >= 0.3 is 0 Å². The zero-order valence-corrected chi connectivity index (χ0v) is 12.5. The number of carbonyl (C=O) groups is 1. The lowest BCUT2D eigenvalue weighted by Crippen LogP contribution is -2.30. The Morgan fingerprint density at radius 2 is 1.95 bits per heavy atom. The third-order valence-electron chi connectivity index (χ3n) is 3.78. The van der Waals surface area contributed by atoms with E-state index in [-0.39, 0.29) is 11.9 Å². The molecule has 6 nitrogen and oxygen atoms in total. The molecule has 6 heteroatoms. The lowest BCUT2D eigenvalue weighted by Gasteiger charge is -2.27. The summed E-state index contributed by atoms with van der Waals surface area (Å²) in [5.41, 5.74) is 1.50. The van der Waals surface area contributed by atoms with Crippen molar-refractivity contribution in [1.82, 2.24) is 15.1 Å². The molecular formula is C16H17N3O3. The molecule has 0 aliphatic carbocycles. The molecule has 0 fully saturated rings. The third-order valence-corrected chi connectivity index (χ3v) is 3.78. The number of carbonyl (C=O) groups excluding carboxylic acids is 1. The van der Waals surface area contributed by atoms with Gasteiger partial charge in [0.15, 0.2) is 11.5 Å². The number of amides is 1. The standard InChI is InChI=1S/C16H17N3O3/c1-11(19(2)16(20)13-5-6-17-18-10-13)12-3-4-14-15(9-12)22-8-7-21-14/h3-6,9-11H,7-8H2,1-2H3/t11-/m0/s1. The van der Waals surface area contributed by atoms with Crippen molar-refractivity contribution < 1.29 is 14.3 Å². The van der Waals surface area contributed by atoms with E-state index in [1.54, 1.807) is 18.0 Å². The highest BCUT2D eigenvalue weighted by atomic mass is 16.6. The molecule has 0 N–H and O–H groups in total. The van der Waals surface area contributed by atoms with Gasteiger partial charge in [-0.3, -0.25) is 4.79 Å². The first-order valence-corrected chi connectivity index (χ1v) is 7.10. The van der Waals surface area contributed by atoms with Crippen LogP contribution in [0.4, 0.5) is 0 Å². The second-order valence-electron chi connectivity index (χ2n) is 5.13. The van der Waals surface area contributed by atoms with Gasteiger partial charge in [-0.1, -0.05) is 6.07 Å². The van der Waals surface area contributed by atoms with Gasteiger partial charge in [0, 0.05) is 7.05 Å². The van der Waals surface area contributed by atoms with Crippen molar-refractivity contribution in [1.29, 1.82) is 0 Å². The fourth-order valence-corrected chi connectivity index (χ4v) is 2.34. The molecule has 114 valence electrons. The summed E-state index contributed by atoms with van der Waals surface area (Å²) in [5.74, 6) is 1.37. The van der Waals surface area contributed by atoms with Gasteiger partial charge in [0.2, 0.25) is 0 Å². The summed E-state index contributed by atoms with van der Waals surface area (Å²) in [6.45, 7) is 3.08. The SMILES string of the molecule is C[C@@H](c1ccc2c(c1)OCCO2)N(C)C(=O)c1ccnnc1. The normalized spacial score (nSPS) is 14.3. The van der Waals surface area contributed by atoms with E-state index in [0.29, 0.717) is 18.8 Å². The number of benzene rings is 1. The van der Waals surface area contributed by atoms with Crippen molar-refractivity contribution in [3.63, 3.8) is 0 Å². The summed E-state index contributed by atoms with van der Waals surface area (Å²) in [5, 5.41) is 7.43. The lowest BCUT2D eigenvalue weighted by atomic mass is 10.1. The largest absolute Gasteiger partial charge is 0.486 e. The Morgan fingerprint density at radius 1 is 1.18 bits per heavy atom. The molecule has 0 saturated heterocycles. The molecular weight excluding hydrogens is 282 g/mol. The van der Waals surface area contributed by atoms with Crippen LogP contribution in [0.2, 0.25) is 0 Å². The van der Waals surface area contributed by atoms with Crippen molar-refractivity contribution in [2.24, 2.45) is 0 Å². The topological polar surface area (TPSA) is 64.6 Å². The van der Waals surface area contributed by atoms with Crippen LogP contribution in [0.1, 0.15) is 28.9 Å². The quantitative estimate of drug-likeness (QED) is 0.868. The summed E-state index contributed by atoms with van der Waals surface area (Å²) in [6, 6.07) is 7.31. The maximum absolute atomic E-state index is 12.5. The maximum atomic E-state index is 12.5. The monoisotopic (exact) mass is 299 g/mol. The van der Waals surface area contributed by atoms with Crippen molar-refractivity contribution in [3.8, 4) is 11.5 Å². The van der Waals surface area contributed by atoms with Crippen molar-refractivity contribution in [2.75, 3.05) is 20.3 Å². The second kappa shape index (κ2) is 6.01. The Balaban J connectivity index is 1.81. The molecule has 1 aromatic heterocycles. The first-order valence-electron chi connectivity index (χ1n) is 7.10. The highest BCUT2D eigenvalue weighted by Crippen LogP contribution is 2.33. The second-order valence-corrected chi connectivity index (χ2v) is 5.13. The molecule has 0 radical (unpaired) electrons. The van der Waals surface area contributed by atoms with Crippen LogP contribution in [0.15, 0.2) is 36.7 Å². The molecule has 2 heterocycles. The molecule has 0 bridgehead atoms. The highest BCUT2D eigenvalue weighted by molar-refractivity contribution is 5.93. The van der Waals surface area contributed by atoms with Gasteiger partial charge < -0.3 is 14.4 Å². The molecule has 1 aliphatic rings. The summed E-state index contributed by atoms with van der Waals surface area (Å²) in [4.78, 5) is 14.1.